The smallest absolute Gasteiger partial charge is 0.181 e. The van der Waals surface area contributed by atoms with Crippen LogP contribution in [0.5, 0.6) is 0 Å². The number of amidine groups is 2. The van der Waals surface area contributed by atoms with Gasteiger partial charge in [0.15, 0.2) is 11.7 Å². The first-order valence-corrected chi connectivity index (χ1v) is 5.80. The molecule has 0 aliphatic rings. The van der Waals surface area contributed by atoms with E-state index in [1.807, 2.05) is 60.7 Å². The molecule has 0 atom stereocenters. The maximum absolute atomic E-state index is 5.86. The zero-order valence-corrected chi connectivity index (χ0v) is 10.4. The van der Waals surface area contributed by atoms with Crippen molar-refractivity contribution in [3.8, 4) is 0 Å². The molecule has 0 bridgehead atoms. The molecule has 2 N–H and O–H groups in total. The molecule has 0 aliphatic heterocycles. The highest BCUT2D eigenvalue weighted by atomic mass is 15.3. The van der Waals surface area contributed by atoms with E-state index in [1.54, 1.807) is 0 Å². The van der Waals surface area contributed by atoms with Crippen LogP contribution in [0.15, 0.2) is 75.9 Å². The monoisotopic (exact) mass is 250 g/mol. The van der Waals surface area contributed by atoms with Gasteiger partial charge in [0.2, 0.25) is 0 Å². The van der Waals surface area contributed by atoms with Crippen molar-refractivity contribution in [1.29, 1.82) is 0 Å². The maximum Gasteiger partial charge on any atom is 0.181 e. The quantitative estimate of drug-likeness (QED) is 0.507. The van der Waals surface area contributed by atoms with Gasteiger partial charge in [0.05, 0.1) is 0 Å². The number of benzene rings is 2. The molecule has 0 unspecified atom stereocenters. The molecule has 0 spiro atoms. The van der Waals surface area contributed by atoms with Crippen molar-refractivity contribution in [2.75, 3.05) is 0 Å². The second kappa shape index (κ2) is 6.26. The van der Waals surface area contributed by atoms with Crippen molar-refractivity contribution in [2.45, 2.75) is 0 Å². The summed E-state index contributed by atoms with van der Waals surface area (Å²) in [6, 6.07) is 19.0. The van der Waals surface area contributed by atoms with Crippen LogP contribution in [0, 0.1) is 0 Å². The van der Waals surface area contributed by atoms with Crippen molar-refractivity contribution in [3.05, 3.63) is 71.8 Å². The van der Waals surface area contributed by atoms with Crippen molar-refractivity contribution < 1.29 is 0 Å². The van der Waals surface area contributed by atoms with E-state index >= 15 is 0 Å². The third kappa shape index (κ3) is 3.35. The molecule has 0 saturated carbocycles. The fraction of sp³-hybridized carbons (Fsp3) is 0. The predicted molar refractivity (Wildman–Crippen MR) is 79.7 cm³/mol. The third-order valence-electron chi connectivity index (χ3n) is 2.50. The van der Waals surface area contributed by atoms with Crippen molar-refractivity contribution in [2.24, 2.45) is 20.9 Å². The zero-order chi connectivity index (χ0) is 13.5. The Hall–Kier alpha value is -2.75. The summed E-state index contributed by atoms with van der Waals surface area (Å²) in [4.78, 5) is 3.86. The van der Waals surface area contributed by atoms with E-state index in [9.17, 15) is 0 Å². The van der Waals surface area contributed by atoms with Crippen molar-refractivity contribution in [1.82, 2.24) is 0 Å². The first kappa shape index (κ1) is 12.7. The van der Waals surface area contributed by atoms with Crippen LogP contribution in [-0.4, -0.2) is 18.4 Å². The molecule has 4 nitrogen and oxygen atoms in total. The van der Waals surface area contributed by atoms with Crippen LogP contribution in [0.3, 0.4) is 0 Å². The van der Waals surface area contributed by atoms with E-state index in [4.69, 9.17) is 5.73 Å². The van der Waals surface area contributed by atoms with Gasteiger partial charge < -0.3 is 5.73 Å². The van der Waals surface area contributed by atoms with E-state index in [-0.39, 0.29) is 0 Å². The highest BCUT2D eigenvalue weighted by Gasteiger charge is 2.00. The minimum atomic E-state index is 0.345. The van der Waals surface area contributed by atoms with E-state index in [1.165, 1.54) is 0 Å². The minimum Gasteiger partial charge on any atom is -0.382 e. The van der Waals surface area contributed by atoms with E-state index in [0.29, 0.717) is 11.7 Å². The molecule has 0 aromatic heterocycles. The summed E-state index contributed by atoms with van der Waals surface area (Å²) >= 11 is 0. The second-order valence-electron chi connectivity index (χ2n) is 3.80. The molecule has 0 aliphatic carbocycles. The Kier molecular flexibility index (Phi) is 4.18. The highest BCUT2D eigenvalue weighted by molar-refractivity contribution is 6.02. The minimum absolute atomic E-state index is 0.345. The molecule has 0 amide bonds. The summed E-state index contributed by atoms with van der Waals surface area (Å²) in [7, 11) is 0. The lowest BCUT2D eigenvalue weighted by Crippen LogP contribution is -2.12. The van der Waals surface area contributed by atoms with Gasteiger partial charge in [-0.1, -0.05) is 60.7 Å². The highest BCUT2D eigenvalue weighted by Crippen LogP contribution is 2.03. The summed E-state index contributed by atoms with van der Waals surface area (Å²) in [5.74, 6) is 0.789. The SMILES string of the molecule is C=N/C(=N\N=C(/N)c1ccccc1)c1ccccc1. The summed E-state index contributed by atoms with van der Waals surface area (Å²) in [5.41, 5.74) is 7.53. The van der Waals surface area contributed by atoms with Crippen LogP contribution in [0.2, 0.25) is 0 Å². The second-order valence-corrected chi connectivity index (χ2v) is 3.80. The molecule has 0 saturated heterocycles. The zero-order valence-electron chi connectivity index (χ0n) is 10.4. The van der Waals surface area contributed by atoms with Gasteiger partial charge in [0.25, 0.3) is 0 Å². The summed E-state index contributed by atoms with van der Waals surface area (Å²) in [6.45, 7) is 3.50. The molecule has 0 heterocycles. The number of rotatable bonds is 3. The predicted octanol–water partition coefficient (Wildman–Crippen LogP) is 2.45. The van der Waals surface area contributed by atoms with Crippen LogP contribution in [0.25, 0.3) is 0 Å². The normalized spacial score (nSPS) is 12.2. The van der Waals surface area contributed by atoms with Gasteiger partial charge in [-0.3, -0.25) is 0 Å². The molecule has 2 aromatic carbocycles. The first-order chi connectivity index (χ1) is 9.31. The number of nitrogens with two attached hydrogens (primary N) is 1. The van der Waals surface area contributed by atoms with Crippen LogP contribution >= 0.6 is 0 Å². The van der Waals surface area contributed by atoms with Gasteiger partial charge in [-0.05, 0) is 6.72 Å². The fourth-order valence-electron chi connectivity index (χ4n) is 1.54. The van der Waals surface area contributed by atoms with Gasteiger partial charge in [-0.2, -0.15) is 0 Å². The molecule has 19 heavy (non-hydrogen) atoms. The van der Waals surface area contributed by atoms with Crippen LogP contribution in [-0.2, 0) is 0 Å². The molecular formula is C15H14N4. The van der Waals surface area contributed by atoms with Gasteiger partial charge in [0, 0.05) is 11.1 Å². The summed E-state index contributed by atoms with van der Waals surface area (Å²) in [5, 5.41) is 8.03. The molecule has 4 heteroatoms. The van der Waals surface area contributed by atoms with Crippen LogP contribution in [0.4, 0.5) is 0 Å². The topological polar surface area (TPSA) is 63.1 Å². The molecule has 0 fully saturated rings. The Labute approximate surface area is 112 Å². The van der Waals surface area contributed by atoms with E-state index in [0.717, 1.165) is 11.1 Å². The average molecular weight is 250 g/mol. The standard InChI is InChI=1S/C15H14N4/c1-17-15(13-10-6-3-7-11-13)19-18-14(16)12-8-4-2-5-9-12/h2-11H,1H2,(H2,16,18)/b19-15-. The molecule has 2 rings (SSSR count). The Morgan fingerprint density at radius 3 is 1.84 bits per heavy atom. The van der Waals surface area contributed by atoms with Crippen LogP contribution in [0.1, 0.15) is 11.1 Å². The number of nitrogens with zero attached hydrogens (tertiary/aromatic N) is 3. The number of hydrogen-bond donors (Lipinski definition) is 1. The molecule has 0 radical (unpaired) electrons. The van der Waals surface area contributed by atoms with Crippen molar-refractivity contribution in [3.63, 3.8) is 0 Å². The lowest BCUT2D eigenvalue weighted by molar-refractivity contribution is 1.20. The third-order valence-corrected chi connectivity index (χ3v) is 2.50. The average Bonchev–Trinajstić information content (AvgIpc) is 2.49. The maximum atomic E-state index is 5.86. The van der Waals surface area contributed by atoms with Gasteiger partial charge in [0.1, 0.15) is 0 Å². The van der Waals surface area contributed by atoms with Gasteiger partial charge in [-0.25, -0.2) is 4.99 Å². The first-order valence-electron chi connectivity index (χ1n) is 5.80. The Bertz CT molecular complexity index is 601. The Morgan fingerprint density at radius 2 is 1.32 bits per heavy atom. The van der Waals surface area contributed by atoms with E-state index in [2.05, 4.69) is 21.9 Å². The molecular weight excluding hydrogens is 236 g/mol. The summed E-state index contributed by atoms with van der Waals surface area (Å²) in [6.07, 6.45) is 0. The molecule has 94 valence electrons. The lowest BCUT2D eigenvalue weighted by Gasteiger charge is -1.99. The van der Waals surface area contributed by atoms with Crippen molar-refractivity contribution >= 4 is 18.4 Å². The summed E-state index contributed by atoms with van der Waals surface area (Å²) < 4.78 is 0. The Morgan fingerprint density at radius 1 is 0.789 bits per heavy atom. The number of hydrogen-bond acceptors (Lipinski definition) is 2. The largest absolute Gasteiger partial charge is 0.382 e. The van der Waals surface area contributed by atoms with Crippen LogP contribution < -0.4 is 5.73 Å². The number of aliphatic imine (C=N–C) groups is 1. The van der Waals surface area contributed by atoms with E-state index < -0.39 is 0 Å². The van der Waals surface area contributed by atoms with Gasteiger partial charge in [-0.15, -0.1) is 10.2 Å². The molecule has 2 aromatic rings. The van der Waals surface area contributed by atoms with Gasteiger partial charge >= 0.3 is 0 Å². The lowest BCUT2D eigenvalue weighted by atomic mass is 10.2. The fourth-order valence-corrected chi connectivity index (χ4v) is 1.54. The Balaban J connectivity index is 2.27.